The van der Waals surface area contributed by atoms with Crippen LogP contribution in [0.15, 0.2) is 0 Å². The number of hydrogen-bond acceptors (Lipinski definition) is 8. The van der Waals surface area contributed by atoms with Crippen LogP contribution in [-0.4, -0.2) is 71.0 Å². The van der Waals surface area contributed by atoms with Gasteiger partial charge in [0.15, 0.2) is 0 Å². The minimum Gasteiger partial charge on any atom is -0.463 e. The summed E-state index contributed by atoms with van der Waals surface area (Å²) in [5.41, 5.74) is 0. The van der Waals surface area contributed by atoms with Gasteiger partial charge in [-0.1, -0.05) is 245 Å². The van der Waals surface area contributed by atoms with E-state index in [0.29, 0.717) is 12.8 Å². The number of carbonyl (C=O) groups excluding carboxylic acids is 2. The Labute approximate surface area is 359 Å². The Morgan fingerprint density at radius 3 is 0.672 bits per heavy atom. The van der Waals surface area contributed by atoms with Gasteiger partial charge in [0.1, 0.15) is 25.4 Å². The Morgan fingerprint density at radius 2 is 0.500 bits per heavy atom. The zero-order chi connectivity index (χ0) is 42.8. The van der Waals surface area contributed by atoms with Crippen molar-refractivity contribution in [2.75, 3.05) is 26.4 Å². The van der Waals surface area contributed by atoms with Crippen LogP contribution in [0.3, 0.4) is 0 Å². The van der Waals surface area contributed by atoms with Gasteiger partial charge in [0.05, 0.1) is 13.2 Å². The van der Waals surface area contributed by atoms with Gasteiger partial charge >= 0.3 is 11.9 Å². The Balaban J connectivity index is 0. The van der Waals surface area contributed by atoms with Crippen molar-refractivity contribution < 1.29 is 39.5 Å². The van der Waals surface area contributed by atoms with E-state index in [1.54, 1.807) is 0 Å². The molecular formula is C50H100O8. The first-order valence-corrected chi connectivity index (χ1v) is 25.3. The Kier molecular flexibility index (Phi) is 52.7. The molecule has 348 valence electrons. The molecule has 0 aromatic heterocycles. The molecule has 0 amide bonds. The van der Waals surface area contributed by atoms with E-state index in [1.165, 1.54) is 218 Å². The molecule has 2 atom stereocenters. The summed E-state index contributed by atoms with van der Waals surface area (Å²) < 4.78 is 9.77. The Bertz CT molecular complexity index is 730. The van der Waals surface area contributed by atoms with Gasteiger partial charge in [0, 0.05) is 12.8 Å². The van der Waals surface area contributed by atoms with Gasteiger partial charge in [-0.3, -0.25) is 9.59 Å². The highest BCUT2D eigenvalue weighted by atomic mass is 16.5. The number of aliphatic hydroxyl groups is 4. The molecule has 0 saturated carbocycles. The van der Waals surface area contributed by atoms with Crippen molar-refractivity contribution in [2.24, 2.45) is 0 Å². The van der Waals surface area contributed by atoms with E-state index in [9.17, 15) is 9.59 Å². The van der Waals surface area contributed by atoms with Gasteiger partial charge in [-0.2, -0.15) is 0 Å². The van der Waals surface area contributed by atoms with Crippen LogP contribution in [-0.2, 0) is 19.1 Å². The van der Waals surface area contributed by atoms with Gasteiger partial charge in [-0.25, -0.2) is 0 Å². The molecule has 4 N–H and O–H groups in total. The summed E-state index contributed by atoms with van der Waals surface area (Å²) in [7, 11) is 0. The number of esters is 2. The van der Waals surface area contributed by atoms with Gasteiger partial charge in [0.2, 0.25) is 0 Å². The van der Waals surface area contributed by atoms with Crippen molar-refractivity contribution >= 4 is 11.9 Å². The third kappa shape index (κ3) is 52.8. The van der Waals surface area contributed by atoms with Crippen molar-refractivity contribution in [1.29, 1.82) is 0 Å². The maximum Gasteiger partial charge on any atom is 0.305 e. The Morgan fingerprint density at radius 1 is 0.328 bits per heavy atom. The van der Waals surface area contributed by atoms with Gasteiger partial charge in [-0.15, -0.1) is 0 Å². The van der Waals surface area contributed by atoms with Crippen molar-refractivity contribution in [3.63, 3.8) is 0 Å². The largest absolute Gasteiger partial charge is 0.463 e. The third-order valence-corrected chi connectivity index (χ3v) is 11.3. The number of rotatable bonds is 46. The standard InChI is InChI=1S/2C25H50O4/c2*1-2-3-4-5-6-7-8-9-10-11-12-13-14-15-16-17-18-19-20-21-25(28)29-23-24(27)22-26/h2*24,26-27H,2-23H2,1H3. The molecule has 8 heteroatoms. The van der Waals surface area contributed by atoms with Crippen LogP contribution in [0.4, 0.5) is 0 Å². The highest BCUT2D eigenvalue weighted by Crippen LogP contribution is 2.17. The van der Waals surface area contributed by atoms with E-state index >= 15 is 0 Å². The zero-order valence-electron chi connectivity index (χ0n) is 38.7. The van der Waals surface area contributed by atoms with E-state index < -0.39 is 12.2 Å². The Hall–Kier alpha value is -1.22. The predicted molar refractivity (Wildman–Crippen MR) is 244 cm³/mol. The van der Waals surface area contributed by atoms with Crippen LogP contribution in [0.1, 0.15) is 271 Å². The average molecular weight is 829 g/mol. The fourth-order valence-corrected chi connectivity index (χ4v) is 7.32. The molecule has 0 saturated heterocycles. The molecule has 0 fully saturated rings. The number of aliphatic hydroxyl groups excluding tert-OH is 4. The predicted octanol–water partition coefficient (Wildman–Crippen LogP) is 13.4. The fraction of sp³-hybridized carbons (Fsp3) is 0.960. The molecule has 0 aromatic carbocycles. The SMILES string of the molecule is CCCCCCCCCCCCCCCCCCCCCC(=O)OCC(O)CO.CCCCCCCCCCCCCCCCCCCCCC(=O)OCC(O)CO. The molecule has 0 heterocycles. The minimum absolute atomic E-state index is 0.103. The lowest BCUT2D eigenvalue weighted by Gasteiger charge is -2.08. The van der Waals surface area contributed by atoms with Crippen LogP contribution < -0.4 is 0 Å². The number of unbranched alkanes of at least 4 members (excludes halogenated alkanes) is 36. The van der Waals surface area contributed by atoms with Gasteiger partial charge < -0.3 is 29.9 Å². The highest BCUT2D eigenvalue weighted by Gasteiger charge is 2.08. The molecule has 0 aromatic rings. The lowest BCUT2D eigenvalue weighted by atomic mass is 10.0. The van der Waals surface area contributed by atoms with Crippen LogP contribution in [0.5, 0.6) is 0 Å². The summed E-state index contributed by atoms with van der Waals surface area (Å²) in [6.07, 6.45) is 49.8. The average Bonchev–Trinajstić information content (AvgIpc) is 3.23. The molecule has 58 heavy (non-hydrogen) atoms. The smallest absolute Gasteiger partial charge is 0.305 e. The second kappa shape index (κ2) is 51.9. The van der Waals surface area contributed by atoms with Crippen molar-refractivity contribution in [2.45, 2.75) is 283 Å². The third-order valence-electron chi connectivity index (χ3n) is 11.3. The minimum atomic E-state index is -0.955. The normalized spacial score (nSPS) is 12.2. The summed E-state index contributed by atoms with van der Waals surface area (Å²) in [5.74, 6) is -0.547. The second-order valence-electron chi connectivity index (χ2n) is 17.3. The molecule has 0 aliphatic heterocycles. The lowest BCUT2D eigenvalue weighted by Crippen LogP contribution is -2.21. The monoisotopic (exact) mass is 829 g/mol. The lowest BCUT2D eigenvalue weighted by molar-refractivity contribution is -0.148. The zero-order valence-corrected chi connectivity index (χ0v) is 38.7. The van der Waals surface area contributed by atoms with Crippen molar-refractivity contribution in [3.05, 3.63) is 0 Å². The molecule has 0 aliphatic carbocycles. The highest BCUT2D eigenvalue weighted by molar-refractivity contribution is 5.69. The molecule has 8 nitrogen and oxygen atoms in total. The number of ether oxygens (including phenoxy) is 2. The van der Waals surface area contributed by atoms with Crippen LogP contribution in [0, 0.1) is 0 Å². The second-order valence-corrected chi connectivity index (χ2v) is 17.3. The van der Waals surface area contributed by atoms with Crippen LogP contribution in [0.25, 0.3) is 0 Å². The van der Waals surface area contributed by atoms with Gasteiger partial charge in [-0.05, 0) is 12.8 Å². The maximum atomic E-state index is 11.4. The fourth-order valence-electron chi connectivity index (χ4n) is 7.32. The summed E-state index contributed by atoms with van der Waals surface area (Å²) in [5, 5.41) is 35.5. The van der Waals surface area contributed by atoms with E-state index in [2.05, 4.69) is 13.8 Å². The molecule has 0 spiro atoms. The first-order valence-electron chi connectivity index (χ1n) is 25.3. The first-order chi connectivity index (χ1) is 28.4. The molecule has 0 radical (unpaired) electrons. The van der Waals surface area contributed by atoms with Crippen molar-refractivity contribution in [3.8, 4) is 0 Å². The van der Waals surface area contributed by atoms with Gasteiger partial charge in [0.25, 0.3) is 0 Å². The topological polar surface area (TPSA) is 134 Å². The molecule has 0 aliphatic rings. The first kappa shape index (κ1) is 58.9. The quantitative estimate of drug-likeness (QED) is 0.0352. The molecule has 2 unspecified atom stereocenters. The molecule has 0 rings (SSSR count). The van der Waals surface area contributed by atoms with Crippen LogP contribution in [0.2, 0.25) is 0 Å². The molecular weight excluding hydrogens is 729 g/mol. The number of hydrogen-bond donors (Lipinski definition) is 4. The van der Waals surface area contributed by atoms with E-state index in [4.69, 9.17) is 29.9 Å². The van der Waals surface area contributed by atoms with Crippen molar-refractivity contribution in [1.82, 2.24) is 0 Å². The molecule has 0 bridgehead atoms. The summed E-state index contributed by atoms with van der Waals surface area (Å²) in [6.45, 7) is 3.62. The summed E-state index contributed by atoms with van der Waals surface area (Å²) in [4.78, 5) is 22.9. The van der Waals surface area contributed by atoms with E-state index in [0.717, 1.165) is 25.7 Å². The maximum absolute atomic E-state index is 11.4. The summed E-state index contributed by atoms with van der Waals surface area (Å²) >= 11 is 0. The summed E-state index contributed by atoms with van der Waals surface area (Å²) in [6, 6.07) is 0. The van der Waals surface area contributed by atoms with Crippen LogP contribution >= 0.6 is 0 Å². The number of carbonyl (C=O) groups is 2. The van der Waals surface area contributed by atoms with E-state index in [-0.39, 0.29) is 38.4 Å². The van der Waals surface area contributed by atoms with E-state index in [1.807, 2.05) is 0 Å².